The zero-order valence-electron chi connectivity index (χ0n) is 40.7. The van der Waals surface area contributed by atoms with Crippen molar-refractivity contribution >= 4 is 13.8 Å². The van der Waals surface area contributed by atoms with Crippen LogP contribution in [0.1, 0.15) is 251 Å². The number of likely N-dealkylation sites (N-methyl/N-ethyl adjacent to an activating group) is 1. The summed E-state index contributed by atoms with van der Waals surface area (Å²) in [7, 11) is 1.68. The molecule has 60 heavy (non-hydrogen) atoms. The maximum absolute atomic E-state index is 12.8. The number of rotatable bonds is 49. The summed E-state index contributed by atoms with van der Waals surface area (Å²) >= 11 is 0. The first-order valence-corrected chi connectivity index (χ1v) is 27.4. The maximum Gasteiger partial charge on any atom is 0.472 e. The van der Waals surface area contributed by atoms with E-state index in [-0.39, 0.29) is 25.8 Å². The second-order valence-electron chi connectivity index (χ2n) is 18.9. The molecule has 358 valence electrons. The number of hydrogen-bond acceptors (Lipinski definition) is 6. The number of carbonyl (C=O) groups excluding carboxylic acids is 1. The molecule has 0 saturated heterocycles. The minimum absolute atomic E-state index is 0.0916. The molecule has 0 bridgehead atoms. The highest BCUT2D eigenvalue weighted by molar-refractivity contribution is 7.47. The summed E-state index contributed by atoms with van der Waals surface area (Å²) in [4.78, 5) is 23.0. The van der Waals surface area contributed by atoms with E-state index in [0.717, 1.165) is 32.1 Å². The van der Waals surface area contributed by atoms with Crippen molar-refractivity contribution in [3.8, 4) is 0 Å². The van der Waals surface area contributed by atoms with Gasteiger partial charge in [0, 0.05) is 13.0 Å². The van der Waals surface area contributed by atoms with E-state index in [4.69, 9.17) is 18.5 Å². The van der Waals surface area contributed by atoms with Gasteiger partial charge in [0.05, 0.1) is 34.4 Å². The predicted octanol–water partition coefficient (Wildman–Crippen LogP) is 15.8. The molecule has 0 aromatic heterocycles. The average molecular weight is 873 g/mol. The molecule has 0 rings (SSSR count). The first-order chi connectivity index (χ1) is 29.1. The van der Waals surface area contributed by atoms with E-state index in [2.05, 4.69) is 26.0 Å². The molecule has 0 saturated carbocycles. The molecule has 1 N–H and O–H groups in total. The zero-order chi connectivity index (χ0) is 44.1. The molecule has 2 atom stereocenters. The molecule has 8 nitrogen and oxygen atoms in total. The Balaban J connectivity index is 4.11. The first kappa shape index (κ1) is 59.2. The Hall–Kier alpha value is -0.760. The molecular formula is C51H103NO7P+. The third-order valence-electron chi connectivity index (χ3n) is 11.6. The summed E-state index contributed by atoms with van der Waals surface area (Å²) in [6.45, 7) is 5.68. The maximum atomic E-state index is 12.8. The van der Waals surface area contributed by atoms with Crippen LogP contribution in [0.5, 0.6) is 0 Å². The number of quaternary nitrogens is 1. The third kappa shape index (κ3) is 48.3. The van der Waals surface area contributed by atoms with Crippen molar-refractivity contribution in [3.05, 3.63) is 12.2 Å². The molecule has 0 radical (unpaired) electrons. The third-order valence-corrected chi connectivity index (χ3v) is 12.6. The predicted molar refractivity (Wildman–Crippen MR) is 257 cm³/mol. The molecule has 0 aromatic carbocycles. The molecule has 0 aromatic rings. The summed E-state index contributed by atoms with van der Waals surface area (Å²) in [5, 5.41) is 0. The van der Waals surface area contributed by atoms with Crippen LogP contribution in [-0.2, 0) is 27.9 Å². The number of phosphoric acid groups is 1. The molecule has 0 aliphatic rings. The van der Waals surface area contributed by atoms with Crippen molar-refractivity contribution in [2.45, 2.75) is 258 Å². The van der Waals surface area contributed by atoms with E-state index < -0.39 is 13.9 Å². The van der Waals surface area contributed by atoms with E-state index in [9.17, 15) is 14.3 Å². The van der Waals surface area contributed by atoms with Crippen molar-refractivity contribution in [1.82, 2.24) is 0 Å². The Morgan fingerprint density at radius 2 is 0.867 bits per heavy atom. The van der Waals surface area contributed by atoms with Crippen LogP contribution in [0.15, 0.2) is 12.2 Å². The fraction of sp³-hybridized carbons (Fsp3) is 0.941. The summed E-state index contributed by atoms with van der Waals surface area (Å²) in [6.07, 6.45) is 51.1. The molecule has 9 heteroatoms. The van der Waals surface area contributed by atoms with Gasteiger partial charge in [0.1, 0.15) is 19.3 Å². The van der Waals surface area contributed by atoms with Gasteiger partial charge in [-0.05, 0) is 38.5 Å². The first-order valence-electron chi connectivity index (χ1n) is 25.9. The number of esters is 1. The molecule has 0 spiro atoms. The van der Waals surface area contributed by atoms with Crippen molar-refractivity contribution in [2.24, 2.45) is 0 Å². The van der Waals surface area contributed by atoms with Crippen LogP contribution in [0.25, 0.3) is 0 Å². The summed E-state index contributed by atoms with van der Waals surface area (Å²) in [5.41, 5.74) is 0. The Bertz CT molecular complexity index is 972. The van der Waals surface area contributed by atoms with Crippen LogP contribution in [-0.4, -0.2) is 75.6 Å². The van der Waals surface area contributed by atoms with Gasteiger partial charge < -0.3 is 18.9 Å². The number of carbonyl (C=O) groups is 1. The smallest absolute Gasteiger partial charge is 0.457 e. The molecule has 2 unspecified atom stereocenters. The van der Waals surface area contributed by atoms with Crippen LogP contribution >= 0.6 is 7.82 Å². The number of hydrogen-bond donors (Lipinski definition) is 1. The van der Waals surface area contributed by atoms with Gasteiger partial charge in [-0.2, -0.15) is 0 Å². The Morgan fingerprint density at radius 3 is 1.27 bits per heavy atom. The summed E-state index contributed by atoms with van der Waals surface area (Å²) in [5.74, 6) is -0.308. The van der Waals surface area contributed by atoms with Crippen LogP contribution in [0.2, 0.25) is 0 Å². The second kappa shape index (κ2) is 44.8. The molecule has 0 amide bonds. The van der Waals surface area contributed by atoms with Crippen molar-refractivity contribution in [2.75, 3.05) is 54.1 Å². The molecule has 0 aliphatic carbocycles. The van der Waals surface area contributed by atoms with Gasteiger partial charge in [0.2, 0.25) is 0 Å². The number of ether oxygens (including phenoxy) is 2. The number of nitrogens with zero attached hydrogens (tertiary/aromatic N) is 1. The van der Waals surface area contributed by atoms with Crippen molar-refractivity contribution in [3.63, 3.8) is 0 Å². The molecule has 0 fully saturated rings. The van der Waals surface area contributed by atoms with Crippen LogP contribution in [0.4, 0.5) is 0 Å². The Morgan fingerprint density at radius 1 is 0.500 bits per heavy atom. The highest BCUT2D eigenvalue weighted by Crippen LogP contribution is 2.43. The minimum Gasteiger partial charge on any atom is -0.457 e. The molecular weight excluding hydrogens is 770 g/mol. The Kier molecular flexibility index (Phi) is 44.3. The number of allylic oxidation sites excluding steroid dienone is 2. The Labute approximate surface area is 373 Å². The normalized spacial score (nSPS) is 13.6. The van der Waals surface area contributed by atoms with E-state index in [1.54, 1.807) is 0 Å². The van der Waals surface area contributed by atoms with Gasteiger partial charge in [-0.15, -0.1) is 0 Å². The quantitative estimate of drug-likeness (QED) is 0.0214. The molecule has 0 aliphatic heterocycles. The number of phosphoric ester groups is 1. The monoisotopic (exact) mass is 873 g/mol. The lowest BCUT2D eigenvalue weighted by Gasteiger charge is -2.24. The standard InChI is InChI=1S/C51H102NO7P/c1-6-8-10-12-14-16-18-20-22-24-26-28-30-32-34-36-38-40-42-44-51(53)59-50(49-58-60(54,55)57-47-45-52(3,4)5)48-56-46-43-41-39-37-35-33-31-29-27-25-23-21-19-17-15-13-11-9-7-2/h23,25,50H,6-22,24,26-49H2,1-5H3/p+1/b25-23-. The summed E-state index contributed by atoms with van der Waals surface area (Å²) in [6, 6.07) is 0. The largest absolute Gasteiger partial charge is 0.472 e. The van der Waals surface area contributed by atoms with E-state index in [1.807, 2.05) is 21.1 Å². The van der Waals surface area contributed by atoms with Crippen molar-refractivity contribution < 1.29 is 37.3 Å². The lowest BCUT2D eigenvalue weighted by atomic mass is 10.0. The highest BCUT2D eigenvalue weighted by Gasteiger charge is 2.26. The average Bonchev–Trinajstić information content (AvgIpc) is 3.20. The fourth-order valence-electron chi connectivity index (χ4n) is 7.55. The van der Waals surface area contributed by atoms with Crippen LogP contribution in [0, 0.1) is 0 Å². The van der Waals surface area contributed by atoms with E-state index in [1.165, 1.54) is 199 Å². The lowest BCUT2D eigenvalue weighted by Crippen LogP contribution is -2.37. The van der Waals surface area contributed by atoms with Crippen molar-refractivity contribution in [1.29, 1.82) is 0 Å². The van der Waals surface area contributed by atoms with Gasteiger partial charge in [-0.1, -0.05) is 219 Å². The van der Waals surface area contributed by atoms with Gasteiger partial charge in [0.15, 0.2) is 0 Å². The van der Waals surface area contributed by atoms with E-state index in [0.29, 0.717) is 24.1 Å². The minimum atomic E-state index is -4.28. The van der Waals surface area contributed by atoms with Gasteiger partial charge in [-0.25, -0.2) is 4.57 Å². The second-order valence-corrected chi connectivity index (χ2v) is 20.4. The fourth-order valence-corrected chi connectivity index (χ4v) is 8.29. The van der Waals surface area contributed by atoms with Gasteiger partial charge in [-0.3, -0.25) is 13.8 Å². The van der Waals surface area contributed by atoms with Gasteiger partial charge in [0.25, 0.3) is 0 Å². The SMILES string of the molecule is CCCCCCCCC/C=C\CCCCCCCCCCOCC(COP(=O)(O)OCC[N+](C)(C)C)OC(=O)CCCCCCCCCCCCCCCCCCCCC. The number of unbranched alkanes of at least 4 members (excludes halogenated alkanes) is 33. The van der Waals surface area contributed by atoms with Gasteiger partial charge >= 0.3 is 13.8 Å². The zero-order valence-corrected chi connectivity index (χ0v) is 41.6. The lowest BCUT2D eigenvalue weighted by molar-refractivity contribution is -0.870. The van der Waals surface area contributed by atoms with E-state index >= 15 is 0 Å². The summed E-state index contributed by atoms with van der Waals surface area (Å²) < 4.78 is 35.2. The topological polar surface area (TPSA) is 91.3 Å². The van der Waals surface area contributed by atoms with Crippen LogP contribution in [0.3, 0.4) is 0 Å². The molecule has 0 heterocycles. The highest BCUT2D eigenvalue weighted by atomic mass is 31.2. The van der Waals surface area contributed by atoms with Crippen LogP contribution < -0.4 is 0 Å².